The molecule has 0 spiro atoms. The van der Waals surface area contributed by atoms with Crippen LogP contribution in [-0.4, -0.2) is 5.91 Å². The van der Waals surface area contributed by atoms with Crippen LogP contribution in [0.3, 0.4) is 0 Å². The smallest absolute Gasteiger partial charge is 0.224 e. The summed E-state index contributed by atoms with van der Waals surface area (Å²) in [7, 11) is 0. The highest BCUT2D eigenvalue weighted by molar-refractivity contribution is 5.79. The molecule has 1 amide bonds. The highest BCUT2D eigenvalue weighted by Crippen LogP contribution is 2.22. The Balaban J connectivity index is 2.11. The van der Waals surface area contributed by atoms with Gasteiger partial charge in [-0.25, -0.2) is 0 Å². The Labute approximate surface area is 139 Å². The minimum Gasteiger partial charge on any atom is -0.349 e. The number of amides is 1. The van der Waals surface area contributed by atoms with E-state index in [1.54, 1.807) is 0 Å². The number of nitrogens with one attached hydrogen (secondary N) is 1. The molecule has 2 nitrogen and oxygen atoms in total. The number of hydrogen-bond acceptors (Lipinski definition) is 1. The van der Waals surface area contributed by atoms with Gasteiger partial charge < -0.3 is 5.32 Å². The molecule has 0 radical (unpaired) electrons. The van der Waals surface area contributed by atoms with E-state index >= 15 is 0 Å². The summed E-state index contributed by atoms with van der Waals surface area (Å²) in [5.74, 6) is 0.0730. The van der Waals surface area contributed by atoms with Gasteiger partial charge in [0, 0.05) is 0 Å². The second-order valence-electron chi connectivity index (χ2n) is 6.69. The molecule has 0 aliphatic heterocycles. The van der Waals surface area contributed by atoms with Crippen molar-refractivity contribution in [3.8, 4) is 0 Å². The maximum Gasteiger partial charge on any atom is 0.224 e. The Morgan fingerprint density at radius 2 is 1.57 bits per heavy atom. The number of benzene rings is 2. The Morgan fingerprint density at radius 1 is 0.913 bits per heavy atom. The molecule has 0 aliphatic carbocycles. The van der Waals surface area contributed by atoms with E-state index in [0.717, 1.165) is 5.56 Å². The Bertz CT molecular complexity index is 731. The number of carbonyl (C=O) groups is 1. The molecule has 0 bridgehead atoms. The molecule has 2 aromatic rings. The summed E-state index contributed by atoms with van der Waals surface area (Å²) in [6.07, 6.45) is 0.432. The summed E-state index contributed by atoms with van der Waals surface area (Å²) in [5, 5.41) is 3.14. The third-order valence-corrected chi connectivity index (χ3v) is 4.58. The zero-order valence-corrected chi connectivity index (χ0v) is 15.1. The van der Waals surface area contributed by atoms with Crippen molar-refractivity contribution >= 4 is 5.91 Å². The van der Waals surface area contributed by atoms with Gasteiger partial charge in [0.2, 0.25) is 5.91 Å². The Morgan fingerprint density at radius 3 is 2.26 bits per heavy atom. The SMILES string of the molecule is Cc1ccc(C)c(CC(=O)N[C@@H](C)c2cc(C)c(C)cc2C)c1. The average molecular weight is 309 g/mol. The third-order valence-electron chi connectivity index (χ3n) is 4.58. The predicted octanol–water partition coefficient (Wildman–Crippen LogP) is 4.65. The van der Waals surface area contributed by atoms with Crippen LogP contribution in [0, 0.1) is 34.6 Å². The summed E-state index contributed by atoms with van der Waals surface area (Å²) in [6.45, 7) is 12.5. The topological polar surface area (TPSA) is 29.1 Å². The van der Waals surface area contributed by atoms with Crippen LogP contribution in [0.1, 0.15) is 51.9 Å². The summed E-state index contributed by atoms with van der Waals surface area (Å²) in [5.41, 5.74) is 8.44. The molecule has 0 saturated carbocycles. The van der Waals surface area contributed by atoms with Crippen molar-refractivity contribution in [2.45, 2.75) is 54.0 Å². The van der Waals surface area contributed by atoms with Crippen LogP contribution in [0.4, 0.5) is 0 Å². The van der Waals surface area contributed by atoms with Crippen molar-refractivity contribution in [2.24, 2.45) is 0 Å². The fourth-order valence-corrected chi connectivity index (χ4v) is 2.98. The fourth-order valence-electron chi connectivity index (χ4n) is 2.98. The van der Waals surface area contributed by atoms with Crippen LogP contribution in [-0.2, 0) is 11.2 Å². The molecule has 2 heteroatoms. The van der Waals surface area contributed by atoms with Gasteiger partial charge in [-0.3, -0.25) is 4.79 Å². The fraction of sp³-hybridized carbons (Fsp3) is 0.381. The molecule has 0 heterocycles. The second-order valence-corrected chi connectivity index (χ2v) is 6.69. The van der Waals surface area contributed by atoms with Crippen LogP contribution in [0.2, 0.25) is 0 Å². The normalized spacial score (nSPS) is 12.1. The molecule has 122 valence electrons. The quantitative estimate of drug-likeness (QED) is 0.875. The monoisotopic (exact) mass is 309 g/mol. The number of hydrogen-bond donors (Lipinski definition) is 1. The first-order valence-electron chi connectivity index (χ1n) is 8.21. The van der Waals surface area contributed by atoms with E-state index < -0.39 is 0 Å². The molecule has 23 heavy (non-hydrogen) atoms. The summed E-state index contributed by atoms with van der Waals surface area (Å²) in [4.78, 5) is 12.4. The van der Waals surface area contributed by atoms with Crippen molar-refractivity contribution in [1.29, 1.82) is 0 Å². The van der Waals surface area contributed by atoms with E-state index in [2.05, 4.69) is 77.2 Å². The maximum atomic E-state index is 12.4. The van der Waals surface area contributed by atoms with Gasteiger partial charge >= 0.3 is 0 Å². The molecule has 0 aromatic heterocycles. The standard InChI is InChI=1S/C21H27NO/c1-13-7-8-14(2)19(9-13)12-21(23)22-18(6)20-11-16(4)15(3)10-17(20)5/h7-11,18H,12H2,1-6H3,(H,22,23)/t18-/m0/s1. The lowest BCUT2D eigenvalue weighted by Crippen LogP contribution is -2.28. The van der Waals surface area contributed by atoms with E-state index in [9.17, 15) is 4.79 Å². The molecule has 0 fully saturated rings. The minimum absolute atomic E-state index is 0.0203. The van der Waals surface area contributed by atoms with Gasteiger partial charge in [0.05, 0.1) is 12.5 Å². The van der Waals surface area contributed by atoms with Crippen molar-refractivity contribution in [2.75, 3.05) is 0 Å². The van der Waals surface area contributed by atoms with E-state index in [-0.39, 0.29) is 11.9 Å². The van der Waals surface area contributed by atoms with Gasteiger partial charge in [-0.2, -0.15) is 0 Å². The maximum absolute atomic E-state index is 12.4. The molecule has 1 N–H and O–H groups in total. The van der Waals surface area contributed by atoms with Gasteiger partial charge in [-0.15, -0.1) is 0 Å². The molecule has 2 aromatic carbocycles. The van der Waals surface area contributed by atoms with Crippen molar-refractivity contribution in [3.05, 3.63) is 69.3 Å². The third kappa shape index (κ3) is 4.22. The first-order chi connectivity index (χ1) is 10.8. The molecular formula is C21H27NO. The van der Waals surface area contributed by atoms with Crippen molar-refractivity contribution in [1.82, 2.24) is 5.32 Å². The van der Waals surface area contributed by atoms with Crippen LogP contribution in [0.25, 0.3) is 0 Å². The predicted molar refractivity (Wildman–Crippen MR) is 96.8 cm³/mol. The van der Waals surface area contributed by atoms with Crippen LogP contribution in [0.15, 0.2) is 30.3 Å². The van der Waals surface area contributed by atoms with Gasteiger partial charge in [-0.05, 0) is 74.9 Å². The van der Waals surface area contributed by atoms with Gasteiger partial charge in [0.25, 0.3) is 0 Å². The first-order valence-corrected chi connectivity index (χ1v) is 8.21. The van der Waals surface area contributed by atoms with Gasteiger partial charge in [0.1, 0.15) is 0 Å². The molecule has 2 rings (SSSR count). The number of aryl methyl sites for hydroxylation is 5. The summed E-state index contributed by atoms with van der Waals surface area (Å²) < 4.78 is 0. The van der Waals surface area contributed by atoms with Crippen LogP contribution in [0.5, 0.6) is 0 Å². The molecular weight excluding hydrogens is 282 g/mol. The largest absolute Gasteiger partial charge is 0.349 e. The molecule has 0 unspecified atom stereocenters. The van der Waals surface area contributed by atoms with E-state index in [0.29, 0.717) is 6.42 Å². The van der Waals surface area contributed by atoms with Gasteiger partial charge in [0.15, 0.2) is 0 Å². The highest BCUT2D eigenvalue weighted by atomic mass is 16.1. The summed E-state index contributed by atoms with van der Waals surface area (Å²) >= 11 is 0. The summed E-state index contributed by atoms with van der Waals surface area (Å²) in [6, 6.07) is 10.7. The van der Waals surface area contributed by atoms with Crippen LogP contribution < -0.4 is 5.32 Å². The lowest BCUT2D eigenvalue weighted by molar-refractivity contribution is -0.121. The molecule has 1 atom stereocenters. The first kappa shape index (κ1) is 17.3. The minimum atomic E-state index is 0.0203. The van der Waals surface area contributed by atoms with Crippen molar-refractivity contribution < 1.29 is 4.79 Å². The highest BCUT2D eigenvalue weighted by Gasteiger charge is 2.14. The zero-order chi connectivity index (χ0) is 17.1. The number of rotatable bonds is 4. The van der Waals surface area contributed by atoms with E-state index in [1.807, 2.05) is 0 Å². The van der Waals surface area contributed by atoms with E-state index in [4.69, 9.17) is 0 Å². The molecule has 0 aliphatic rings. The van der Waals surface area contributed by atoms with Gasteiger partial charge in [-0.1, -0.05) is 35.9 Å². The lowest BCUT2D eigenvalue weighted by Gasteiger charge is -2.19. The lowest BCUT2D eigenvalue weighted by atomic mass is 9.96. The molecule has 0 saturated heterocycles. The second kappa shape index (κ2) is 6.99. The van der Waals surface area contributed by atoms with Crippen molar-refractivity contribution in [3.63, 3.8) is 0 Å². The van der Waals surface area contributed by atoms with E-state index in [1.165, 1.54) is 33.4 Å². The Hall–Kier alpha value is -2.09. The number of carbonyl (C=O) groups excluding carboxylic acids is 1. The van der Waals surface area contributed by atoms with Crippen LogP contribution >= 0.6 is 0 Å². The Kier molecular flexibility index (Phi) is 5.25. The zero-order valence-electron chi connectivity index (χ0n) is 15.1. The average Bonchev–Trinajstić information content (AvgIpc) is 2.46.